The zero-order chi connectivity index (χ0) is 19.1. The fourth-order valence-electron chi connectivity index (χ4n) is 3.04. The highest BCUT2D eigenvalue weighted by Gasteiger charge is 2.11. The highest BCUT2D eigenvalue weighted by atomic mass is 35.5. The zero-order valence-electron chi connectivity index (χ0n) is 15.6. The monoisotopic (exact) mass is 408 g/mol. The number of benzene rings is 2. The smallest absolute Gasteiger partial charge is 0.138 e. The van der Waals surface area contributed by atoms with E-state index in [9.17, 15) is 0 Å². The molecule has 0 bridgehead atoms. The molecule has 0 aliphatic carbocycles. The van der Waals surface area contributed by atoms with Crippen molar-refractivity contribution in [2.45, 2.75) is 19.5 Å². The van der Waals surface area contributed by atoms with Crippen molar-refractivity contribution >= 4 is 23.2 Å². The molecule has 1 fully saturated rings. The molecule has 1 heterocycles. The van der Waals surface area contributed by atoms with Crippen molar-refractivity contribution in [1.29, 1.82) is 0 Å². The van der Waals surface area contributed by atoms with Crippen LogP contribution in [-0.4, -0.2) is 44.4 Å². The van der Waals surface area contributed by atoms with Crippen molar-refractivity contribution < 1.29 is 9.47 Å². The van der Waals surface area contributed by atoms with E-state index in [0.717, 1.165) is 55.7 Å². The molecule has 4 nitrogen and oxygen atoms in total. The maximum absolute atomic E-state index is 6.30. The van der Waals surface area contributed by atoms with Crippen LogP contribution in [0.15, 0.2) is 42.5 Å². The van der Waals surface area contributed by atoms with Crippen molar-refractivity contribution in [1.82, 2.24) is 10.2 Å². The van der Waals surface area contributed by atoms with Gasteiger partial charge in [-0.3, -0.25) is 4.90 Å². The van der Waals surface area contributed by atoms with Gasteiger partial charge in [-0.2, -0.15) is 0 Å². The van der Waals surface area contributed by atoms with E-state index in [2.05, 4.69) is 23.2 Å². The van der Waals surface area contributed by atoms with Crippen molar-refractivity contribution in [2.75, 3.05) is 39.5 Å². The Morgan fingerprint density at radius 3 is 2.74 bits per heavy atom. The van der Waals surface area contributed by atoms with Crippen LogP contribution >= 0.6 is 23.2 Å². The van der Waals surface area contributed by atoms with Gasteiger partial charge in [-0.15, -0.1) is 0 Å². The summed E-state index contributed by atoms with van der Waals surface area (Å²) in [5.41, 5.74) is 2.30. The third-order valence-corrected chi connectivity index (χ3v) is 5.27. The van der Waals surface area contributed by atoms with E-state index in [1.165, 1.54) is 5.56 Å². The molecule has 0 saturated carbocycles. The van der Waals surface area contributed by atoms with E-state index < -0.39 is 0 Å². The van der Waals surface area contributed by atoms with Gasteiger partial charge in [0, 0.05) is 37.2 Å². The fraction of sp³-hybridized carbons (Fsp3) is 0.429. The highest BCUT2D eigenvalue weighted by Crippen LogP contribution is 2.26. The molecule has 1 atom stereocenters. The molecule has 27 heavy (non-hydrogen) atoms. The fourth-order valence-corrected chi connectivity index (χ4v) is 3.41. The van der Waals surface area contributed by atoms with Crippen LogP contribution in [0.25, 0.3) is 0 Å². The molecule has 3 rings (SSSR count). The first-order valence-corrected chi connectivity index (χ1v) is 10.1. The van der Waals surface area contributed by atoms with E-state index in [-0.39, 0.29) is 6.04 Å². The maximum Gasteiger partial charge on any atom is 0.138 e. The molecule has 0 radical (unpaired) electrons. The van der Waals surface area contributed by atoms with Gasteiger partial charge < -0.3 is 14.8 Å². The quantitative estimate of drug-likeness (QED) is 0.694. The summed E-state index contributed by atoms with van der Waals surface area (Å²) in [6.07, 6.45) is 0. The molecule has 1 aliphatic heterocycles. The molecule has 6 heteroatoms. The SMILES string of the molecule is C[C@@H](NCc1ccc(Cl)c(OCCN2CCOCC2)c1)c1cccc(Cl)c1. The van der Waals surface area contributed by atoms with Crippen LogP contribution in [0.4, 0.5) is 0 Å². The first-order chi connectivity index (χ1) is 13.1. The largest absolute Gasteiger partial charge is 0.491 e. The van der Waals surface area contributed by atoms with Gasteiger partial charge in [0.05, 0.1) is 18.2 Å². The van der Waals surface area contributed by atoms with Crippen LogP contribution in [0, 0.1) is 0 Å². The number of nitrogens with zero attached hydrogens (tertiary/aromatic N) is 1. The van der Waals surface area contributed by atoms with E-state index in [1.807, 2.05) is 36.4 Å². The Bertz CT molecular complexity index is 736. The van der Waals surface area contributed by atoms with Crippen molar-refractivity contribution in [3.05, 3.63) is 63.6 Å². The Hall–Kier alpha value is -1.30. The molecule has 2 aromatic carbocycles. The lowest BCUT2D eigenvalue weighted by Crippen LogP contribution is -2.38. The minimum Gasteiger partial charge on any atom is -0.491 e. The molecule has 0 spiro atoms. The van der Waals surface area contributed by atoms with Crippen molar-refractivity contribution in [3.63, 3.8) is 0 Å². The lowest BCUT2D eigenvalue weighted by molar-refractivity contribution is 0.0322. The number of hydrogen-bond acceptors (Lipinski definition) is 4. The van der Waals surface area contributed by atoms with E-state index in [4.69, 9.17) is 32.7 Å². The number of rotatable bonds is 8. The topological polar surface area (TPSA) is 33.7 Å². The van der Waals surface area contributed by atoms with Crippen LogP contribution in [0.2, 0.25) is 10.0 Å². The summed E-state index contributed by atoms with van der Waals surface area (Å²) in [5, 5.41) is 4.91. The van der Waals surface area contributed by atoms with Crippen LogP contribution in [0.1, 0.15) is 24.1 Å². The Morgan fingerprint density at radius 2 is 1.96 bits per heavy atom. The van der Waals surface area contributed by atoms with E-state index in [1.54, 1.807) is 0 Å². The van der Waals surface area contributed by atoms with Gasteiger partial charge in [0.25, 0.3) is 0 Å². The summed E-state index contributed by atoms with van der Waals surface area (Å²) in [6.45, 7) is 7.87. The second-order valence-corrected chi connectivity index (χ2v) is 7.57. The number of nitrogens with one attached hydrogen (secondary N) is 1. The second-order valence-electron chi connectivity index (χ2n) is 6.72. The first-order valence-electron chi connectivity index (χ1n) is 9.32. The molecule has 0 aromatic heterocycles. The maximum atomic E-state index is 6.30. The Balaban J connectivity index is 1.51. The molecule has 1 aliphatic rings. The third-order valence-electron chi connectivity index (χ3n) is 4.73. The summed E-state index contributed by atoms with van der Waals surface area (Å²) >= 11 is 12.4. The second kappa shape index (κ2) is 10.3. The number of ether oxygens (including phenoxy) is 2. The van der Waals surface area contributed by atoms with E-state index >= 15 is 0 Å². The van der Waals surface area contributed by atoms with Crippen molar-refractivity contribution in [3.8, 4) is 5.75 Å². The van der Waals surface area contributed by atoms with Crippen molar-refractivity contribution in [2.24, 2.45) is 0 Å². The van der Waals surface area contributed by atoms with Gasteiger partial charge in [-0.1, -0.05) is 41.4 Å². The molecule has 1 saturated heterocycles. The average Bonchev–Trinajstić information content (AvgIpc) is 2.69. The minimum absolute atomic E-state index is 0.199. The normalized spacial score (nSPS) is 16.3. The predicted molar refractivity (Wildman–Crippen MR) is 111 cm³/mol. The number of halogens is 2. The molecule has 1 N–H and O–H groups in total. The Kier molecular flexibility index (Phi) is 7.80. The van der Waals surface area contributed by atoms with Crippen LogP contribution in [-0.2, 0) is 11.3 Å². The summed E-state index contributed by atoms with van der Waals surface area (Å²) in [4.78, 5) is 2.34. The van der Waals surface area contributed by atoms with E-state index in [0.29, 0.717) is 11.6 Å². The van der Waals surface area contributed by atoms with Gasteiger partial charge in [-0.25, -0.2) is 0 Å². The zero-order valence-corrected chi connectivity index (χ0v) is 17.1. The molecular formula is C21H26Cl2N2O2. The van der Waals surface area contributed by atoms with Gasteiger partial charge in [0.2, 0.25) is 0 Å². The van der Waals surface area contributed by atoms with Gasteiger partial charge >= 0.3 is 0 Å². The lowest BCUT2D eigenvalue weighted by Gasteiger charge is -2.26. The lowest BCUT2D eigenvalue weighted by atomic mass is 10.1. The van der Waals surface area contributed by atoms with Gasteiger partial charge in [0.15, 0.2) is 0 Å². The summed E-state index contributed by atoms with van der Waals surface area (Å²) in [7, 11) is 0. The van der Waals surface area contributed by atoms with Crippen LogP contribution in [0.5, 0.6) is 5.75 Å². The minimum atomic E-state index is 0.199. The van der Waals surface area contributed by atoms with Gasteiger partial charge in [-0.05, 0) is 42.3 Å². The molecule has 0 amide bonds. The Morgan fingerprint density at radius 1 is 1.15 bits per heavy atom. The number of hydrogen-bond donors (Lipinski definition) is 1. The first kappa shape index (κ1) is 20.4. The summed E-state index contributed by atoms with van der Waals surface area (Å²) in [6, 6.07) is 14.1. The molecule has 2 aromatic rings. The summed E-state index contributed by atoms with van der Waals surface area (Å²) in [5.74, 6) is 0.736. The molecule has 0 unspecified atom stereocenters. The third kappa shape index (κ3) is 6.37. The Labute approximate surface area is 171 Å². The molecule has 146 valence electrons. The van der Waals surface area contributed by atoms with Gasteiger partial charge in [0.1, 0.15) is 12.4 Å². The standard InChI is InChI=1S/C21H26Cl2N2O2/c1-16(18-3-2-4-19(22)14-18)24-15-17-5-6-20(23)21(13-17)27-12-9-25-7-10-26-11-8-25/h2-6,13-14,16,24H,7-12,15H2,1H3/t16-/m1/s1. The molecular weight excluding hydrogens is 383 g/mol. The average molecular weight is 409 g/mol. The summed E-state index contributed by atoms with van der Waals surface area (Å²) < 4.78 is 11.3. The van der Waals surface area contributed by atoms with Crippen LogP contribution in [0.3, 0.4) is 0 Å². The number of morpholine rings is 1. The predicted octanol–water partition coefficient (Wildman–Crippen LogP) is 4.56. The highest BCUT2D eigenvalue weighted by molar-refractivity contribution is 6.32. The van der Waals surface area contributed by atoms with Crippen LogP contribution < -0.4 is 10.1 Å².